The lowest BCUT2D eigenvalue weighted by Crippen LogP contribution is -2.30. The molecule has 0 aromatic rings. The Morgan fingerprint density at radius 2 is 0.848 bits per heavy atom. The SMILES string of the molecule is C1=C2CCC/C=C\CCC/C=C/CCN3CCC=C(CCCCC/C=C/CCN(CC1)C2)C3. The van der Waals surface area contributed by atoms with Gasteiger partial charge < -0.3 is 0 Å². The maximum absolute atomic E-state index is 2.67. The van der Waals surface area contributed by atoms with Crippen molar-refractivity contribution in [3.63, 3.8) is 0 Å². The summed E-state index contributed by atoms with van der Waals surface area (Å²) in [5, 5.41) is 0. The number of rotatable bonds is 0. The zero-order valence-electron chi connectivity index (χ0n) is 21.4. The zero-order chi connectivity index (χ0) is 22.8. The molecule has 0 saturated heterocycles. The third-order valence-corrected chi connectivity index (χ3v) is 7.31. The predicted molar refractivity (Wildman–Crippen MR) is 146 cm³/mol. The molecule has 3 heterocycles. The van der Waals surface area contributed by atoms with E-state index in [4.69, 9.17) is 0 Å². The summed E-state index contributed by atoms with van der Waals surface area (Å²) in [6.45, 7) is 7.38. The summed E-state index contributed by atoms with van der Waals surface area (Å²) >= 11 is 0. The topological polar surface area (TPSA) is 6.48 Å². The number of hydrogen-bond acceptors (Lipinski definition) is 2. The highest BCUT2D eigenvalue weighted by Gasteiger charge is 2.12. The first-order valence-corrected chi connectivity index (χ1v) is 14.2. The van der Waals surface area contributed by atoms with E-state index in [2.05, 4.69) is 58.4 Å². The van der Waals surface area contributed by atoms with Crippen LogP contribution in [0.25, 0.3) is 0 Å². The molecule has 0 aromatic carbocycles. The van der Waals surface area contributed by atoms with E-state index < -0.39 is 0 Å². The average molecular weight is 451 g/mol. The fourth-order valence-electron chi connectivity index (χ4n) is 5.32. The van der Waals surface area contributed by atoms with Crippen LogP contribution in [0.15, 0.2) is 59.8 Å². The molecule has 2 nitrogen and oxygen atoms in total. The molecule has 2 heteroatoms. The first kappa shape index (κ1) is 26.2. The fourth-order valence-corrected chi connectivity index (χ4v) is 5.32. The molecule has 0 N–H and O–H groups in total. The second-order valence-electron chi connectivity index (χ2n) is 10.3. The molecule has 3 aliphatic heterocycles. The molecule has 0 spiro atoms. The van der Waals surface area contributed by atoms with Crippen LogP contribution in [0.1, 0.15) is 96.3 Å². The van der Waals surface area contributed by atoms with Crippen LogP contribution in [0.4, 0.5) is 0 Å². The van der Waals surface area contributed by atoms with Crippen molar-refractivity contribution < 1.29 is 0 Å². The number of fused-ring (bicyclic) bond motifs is 4. The lowest BCUT2D eigenvalue weighted by atomic mass is 10.0. The van der Waals surface area contributed by atoms with Crippen LogP contribution in [-0.2, 0) is 0 Å². The molecule has 33 heavy (non-hydrogen) atoms. The van der Waals surface area contributed by atoms with E-state index in [1.54, 1.807) is 11.1 Å². The third kappa shape index (κ3) is 12.1. The summed E-state index contributed by atoms with van der Waals surface area (Å²) in [5.41, 5.74) is 3.37. The van der Waals surface area contributed by atoms with E-state index in [0.29, 0.717) is 0 Å². The minimum atomic E-state index is 1.21. The second-order valence-corrected chi connectivity index (χ2v) is 10.3. The van der Waals surface area contributed by atoms with E-state index in [1.807, 2.05) is 0 Å². The van der Waals surface area contributed by atoms with Gasteiger partial charge in [0.25, 0.3) is 0 Å². The maximum Gasteiger partial charge on any atom is 0.0193 e. The van der Waals surface area contributed by atoms with Crippen LogP contribution in [0.5, 0.6) is 0 Å². The fraction of sp³-hybridized carbons (Fsp3) is 0.677. The lowest BCUT2D eigenvalue weighted by Gasteiger charge is -2.27. The summed E-state index contributed by atoms with van der Waals surface area (Å²) in [6.07, 6.45) is 38.8. The molecule has 0 amide bonds. The standard InChI is InChI=1S/C31H50N2/c1-2-4-8-12-16-24-32-26-19-23-31(29-32)21-15-11-7-5-9-13-17-25-33-27-18-22-30(28-33)20-14-10-6-3-1/h3,6,8-9,12-13,22-23H,1-2,4-5,7,10-11,14-21,24-29H2/b6-3-,12-8+,13-9+. The van der Waals surface area contributed by atoms with Crippen LogP contribution in [0.3, 0.4) is 0 Å². The molecule has 0 saturated carbocycles. The summed E-state index contributed by atoms with van der Waals surface area (Å²) in [7, 11) is 0. The van der Waals surface area contributed by atoms with Crippen molar-refractivity contribution in [1.82, 2.24) is 9.80 Å². The van der Waals surface area contributed by atoms with Gasteiger partial charge in [0.1, 0.15) is 0 Å². The van der Waals surface area contributed by atoms with Crippen molar-refractivity contribution in [2.75, 3.05) is 39.3 Å². The first-order valence-electron chi connectivity index (χ1n) is 14.2. The van der Waals surface area contributed by atoms with Crippen molar-refractivity contribution in [3.05, 3.63) is 59.8 Å². The Hall–Kier alpha value is -1.38. The molecular weight excluding hydrogens is 400 g/mol. The summed E-state index contributed by atoms with van der Waals surface area (Å²) in [6, 6.07) is 0. The van der Waals surface area contributed by atoms with Crippen molar-refractivity contribution in [1.29, 1.82) is 0 Å². The van der Waals surface area contributed by atoms with Crippen molar-refractivity contribution in [2.45, 2.75) is 96.3 Å². The minimum Gasteiger partial charge on any atom is -0.299 e. The lowest BCUT2D eigenvalue weighted by molar-refractivity contribution is 0.291. The van der Waals surface area contributed by atoms with Gasteiger partial charge in [0.05, 0.1) is 0 Å². The van der Waals surface area contributed by atoms with E-state index in [1.165, 1.54) is 136 Å². The van der Waals surface area contributed by atoms with Gasteiger partial charge in [0, 0.05) is 39.3 Å². The number of hydrogen-bond donors (Lipinski definition) is 0. The van der Waals surface area contributed by atoms with E-state index in [9.17, 15) is 0 Å². The molecule has 3 rings (SSSR count). The Labute approximate surface area is 205 Å². The number of nitrogens with zero attached hydrogens (tertiary/aromatic N) is 2. The molecule has 2 unspecified atom stereocenters. The Kier molecular flexibility index (Phi) is 13.6. The van der Waals surface area contributed by atoms with Gasteiger partial charge in [-0.05, 0) is 89.9 Å². The Balaban J connectivity index is 1.41. The van der Waals surface area contributed by atoms with Gasteiger partial charge in [0.15, 0.2) is 0 Å². The van der Waals surface area contributed by atoms with Crippen LogP contribution in [0.2, 0.25) is 0 Å². The molecule has 4 bridgehead atoms. The largest absolute Gasteiger partial charge is 0.299 e. The summed E-state index contributed by atoms with van der Waals surface area (Å²) in [5.74, 6) is 0. The average Bonchev–Trinajstić information content (AvgIpc) is 2.84. The number of allylic oxidation sites excluding steroid dienone is 4. The van der Waals surface area contributed by atoms with Gasteiger partial charge in [-0.3, -0.25) is 9.80 Å². The van der Waals surface area contributed by atoms with Gasteiger partial charge >= 0.3 is 0 Å². The predicted octanol–water partition coefficient (Wildman–Crippen LogP) is 8.00. The Morgan fingerprint density at radius 1 is 0.394 bits per heavy atom. The van der Waals surface area contributed by atoms with Gasteiger partial charge in [-0.15, -0.1) is 0 Å². The van der Waals surface area contributed by atoms with E-state index in [0.717, 1.165) is 0 Å². The third-order valence-electron chi connectivity index (χ3n) is 7.31. The maximum atomic E-state index is 2.67. The monoisotopic (exact) mass is 450 g/mol. The van der Waals surface area contributed by atoms with Crippen molar-refractivity contribution in [3.8, 4) is 0 Å². The van der Waals surface area contributed by atoms with Gasteiger partial charge in [-0.2, -0.15) is 0 Å². The van der Waals surface area contributed by atoms with E-state index in [-0.39, 0.29) is 0 Å². The van der Waals surface area contributed by atoms with Crippen molar-refractivity contribution in [2.24, 2.45) is 0 Å². The van der Waals surface area contributed by atoms with Gasteiger partial charge in [-0.1, -0.05) is 66.2 Å². The van der Waals surface area contributed by atoms with Gasteiger partial charge in [0.2, 0.25) is 0 Å². The minimum absolute atomic E-state index is 1.21. The first-order chi connectivity index (χ1) is 16.4. The Bertz CT molecular complexity index is 666. The molecule has 3 aliphatic rings. The molecule has 184 valence electrons. The molecule has 0 aromatic heterocycles. The quantitative estimate of drug-likeness (QED) is 0.345. The Morgan fingerprint density at radius 3 is 1.45 bits per heavy atom. The second kappa shape index (κ2) is 17.1. The van der Waals surface area contributed by atoms with Crippen LogP contribution in [0, 0.1) is 0 Å². The smallest absolute Gasteiger partial charge is 0.0193 e. The van der Waals surface area contributed by atoms with Crippen LogP contribution < -0.4 is 0 Å². The molecule has 0 radical (unpaired) electrons. The molecule has 2 atom stereocenters. The molecule has 0 fully saturated rings. The van der Waals surface area contributed by atoms with Crippen LogP contribution in [-0.4, -0.2) is 49.1 Å². The highest BCUT2D eigenvalue weighted by Crippen LogP contribution is 2.18. The molecule has 0 aliphatic carbocycles. The highest BCUT2D eigenvalue weighted by atomic mass is 15.1. The highest BCUT2D eigenvalue weighted by molar-refractivity contribution is 5.09. The summed E-state index contributed by atoms with van der Waals surface area (Å²) < 4.78 is 0. The molecular formula is C31H50N2. The normalized spacial score (nSPS) is 30.8. The van der Waals surface area contributed by atoms with Gasteiger partial charge in [-0.25, -0.2) is 0 Å². The van der Waals surface area contributed by atoms with Crippen molar-refractivity contribution >= 4 is 0 Å². The van der Waals surface area contributed by atoms with E-state index >= 15 is 0 Å². The zero-order valence-corrected chi connectivity index (χ0v) is 21.4. The van der Waals surface area contributed by atoms with Crippen LogP contribution >= 0.6 is 0 Å². The summed E-state index contributed by atoms with van der Waals surface area (Å²) in [4.78, 5) is 5.33.